The van der Waals surface area contributed by atoms with Gasteiger partial charge in [0.25, 0.3) is 0 Å². The second kappa shape index (κ2) is 7.44. The van der Waals surface area contributed by atoms with Gasteiger partial charge in [-0.1, -0.05) is 0 Å². The molecule has 2 bridgehead atoms. The van der Waals surface area contributed by atoms with Crippen molar-refractivity contribution in [1.29, 1.82) is 0 Å². The molecule has 7 heterocycles. The zero-order chi connectivity index (χ0) is 22.8. The van der Waals surface area contributed by atoms with Crippen LogP contribution >= 0.6 is 11.3 Å². The van der Waals surface area contributed by atoms with E-state index in [0.717, 1.165) is 62.7 Å². The first-order valence-corrected chi connectivity index (χ1v) is 12.2. The largest absolute Gasteiger partial charge is 0.335 e. The smallest absolute Gasteiger partial charge is 0.227 e. The Morgan fingerprint density at radius 3 is 2.82 bits per heavy atom. The summed E-state index contributed by atoms with van der Waals surface area (Å²) in [6.07, 6.45) is 6.82. The van der Waals surface area contributed by atoms with E-state index >= 15 is 0 Å². The highest BCUT2D eigenvalue weighted by Crippen LogP contribution is 2.34. The van der Waals surface area contributed by atoms with E-state index in [9.17, 15) is 0 Å². The van der Waals surface area contributed by atoms with Gasteiger partial charge in [0.15, 0.2) is 0 Å². The van der Waals surface area contributed by atoms with Crippen LogP contribution in [0.2, 0.25) is 0 Å². The normalized spacial score (nSPS) is 20.1. The van der Waals surface area contributed by atoms with Crippen LogP contribution < -0.4 is 10.2 Å². The molecule has 2 aliphatic rings. The highest BCUT2D eigenvalue weighted by Gasteiger charge is 2.42. The number of fused-ring (bicyclic) bond motifs is 4. The van der Waals surface area contributed by atoms with Crippen LogP contribution in [0.1, 0.15) is 12.1 Å². The third kappa shape index (κ3) is 3.29. The van der Waals surface area contributed by atoms with Crippen molar-refractivity contribution in [3.05, 3.63) is 54.6 Å². The van der Waals surface area contributed by atoms with Crippen molar-refractivity contribution in [2.75, 3.05) is 30.4 Å². The van der Waals surface area contributed by atoms with Crippen molar-refractivity contribution >= 4 is 44.7 Å². The number of likely N-dealkylation sites (N-methyl/N-ethyl adjacent to an activating group) is 1. The minimum absolute atomic E-state index is 0.495. The fourth-order valence-electron chi connectivity index (χ4n) is 5.07. The molecule has 0 aliphatic carbocycles. The van der Waals surface area contributed by atoms with Crippen LogP contribution in [0.5, 0.6) is 0 Å². The maximum atomic E-state index is 4.87. The standard InChI is InChI=1S/C24H23N9S/c1-14-7-22(30-24(27-14)32-13-17-9-18(32)12-31(17)2)29-21-10-19-20(11-25-21)34-23(28-19)15-4-6-33-16(8-15)3-5-26-33/h3-8,10-11,17-18H,9,12-13H2,1-2H3,(H,25,27,29,30)/t17-,18-/m0/s1. The highest BCUT2D eigenvalue weighted by atomic mass is 32.1. The van der Waals surface area contributed by atoms with E-state index < -0.39 is 0 Å². The van der Waals surface area contributed by atoms with E-state index in [0.29, 0.717) is 12.1 Å². The van der Waals surface area contributed by atoms with Gasteiger partial charge in [0, 0.05) is 67.2 Å². The van der Waals surface area contributed by atoms with Crippen LogP contribution in [0.4, 0.5) is 17.6 Å². The number of piperazine rings is 1. The number of rotatable bonds is 4. The lowest BCUT2D eigenvalue weighted by Crippen LogP contribution is -2.45. The number of hydrogen-bond acceptors (Lipinski definition) is 9. The lowest BCUT2D eigenvalue weighted by Gasteiger charge is -2.32. The van der Waals surface area contributed by atoms with Crippen molar-refractivity contribution in [3.8, 4) is 10.6 Å². The lowest BCUT2D eigenvalue weighted by atomic mass is 10.2. The van der Waals surface area contributed by atoms with E-state index in [4.69, 9.17) is 15.0 Å². The van der Waals surface area contributed by atoms with Gasteiger partial charge in [0.2, 0.25) is 5.95 Å². The Kier molecular flexibility index (Phi) is 4.33. The molecule has 0 unspecified atom stereocenters. The zero-order valence-corrected chi connectivity index (χ0v) is 19.7. The van der Waals surface area contributed by atoms with Gasteiger partial charge < -0.3 is 10.2 Å². The minimum atomic E-state index is 0.495. The second-order valence-electron chi connectivity index (χ2n) is 9.13. The van der Waals surface area contributed by atoms with Gasteiger partial charge in [-0.15, -0.1) is 11.3 Å². The number of thiazole rings is 1. The summed E-state index contributed by atoms with van der Waals surface area (Å²) in [4.78, 5) is 23.8. The average Bonchev–Trinajstić information content (AvgIpc) is 3.60. The number of nitrogens with one attached hydrogen (secondary N) is 1. The Bertz CT molecular complexity index is 1540. The Morgan fingerprint density at radius 1 is 1.03 bits per heavy atom. The van der Waals surface area contributed by atoms with Crippen molar-refractivity contribution in [2.24, 2.45) is 0 Å². The molecule has 1 N–H and O–H groups in total. The predicted octanol–water partition coefficient (Wildman–Crippen LogP) is 3.74. The molecule has 0 saturated carbocycles. The quantitative estimate of drug-likeness (QED) is 0.426. The molecule has 0 amide bonds. The van der Waals surface area contributed by atoms with Gasteiger partial charge in [-0.2, -0.15) is 10.1 Å². The SMILES string of the molecule is Cc1cc(Nc2cc3nc(-c4ccn5nccc5c4)sc3cn2)nc(N2C[C@@H]3C[C@H]2CN3C)n1. The molecule has 0 aromatic carbocycles. The summed E-state index contributed by atoms with van der Waals surface area (Å²) < 4.78 is 2.90. The van der Waals surface area contributed by atoms with Crippen LogP contribution in [-0.2, 0) is 0 Å². The number of aromatic nitrogens is 6. The first-order valence-electron chi connectivity index (χ1n) is 11.4. The number of aryl methyl sites for hydroxylation is 1. The van der Waals surface area contributed by atoms with Crippen molar-refractivity contribution in [1.82, 2.24) is 34.4 Å². The zero-order valence-electron chi connectivity index (χ0n) is 18.9. The maximum Gasteiger partial charge on any atom is 0.227 e. The van der Waals surface area contributed by atoms with Gasteiger partial charge >= 0.3 is 0 Å². The van der Waals surface area contributed by atoms with Crippen LogP contribution in [0.3, 0.4) is 0 Å². The van der Waals surface area contributed by atoms with Gasteiger partial charge in [0.05, 0.1) is 15.7 Å². The molecule has 10 heteroatoms. The van der Waals surface area contributed by atoms with E-state index in [1.54, 1.807) is 17.5 Å². The minimum Gasteiger partial charge on any atom is -0.335 e. The molecule has 170 valence electrons. The summed E-state index contributed by atoms with van der Waals surface area (Å²) >= 11 is 1.64. The molecular weight excluding hydrogens is 446 g/mol. The topological polar surface area (TPSA) is 87.4 Å². The summed E-state index contributed by atoms with van der Waals surface area (Å²) in [5, 5.41) is 8.61. The van der Waals surface area contributed by atoms with Gasteiger partial charge in [-0.25, -0.2) is 19.5 Å². The summed E-state index contributed by atoms with van der Waals surface area (Å²) in [5.41, 5.74) is 3.98. The molecule has 5 aromatic heterocycles. The van der Waals surface area contributed by atoms with Gasteiger partial charge in [0.1, 0.15) is 16.6 Å². The summed E-state index contributed by atoms with van der Waals surface area (Å²) in [7, 11) is 2.20. The first kappa shape index (κ1) is 19.8. The molecule has 34 heavy (non-hydrogen) atoms. The fourth-order valence-corrected chi connectivity index (χ4v) is 5.98. The molecular formula is C24H23N9S. The van der Waals surface area contributed by atoms with Crippen molar-refractivity contribution < 1.29 is 0 Å². The van der Waals surface area contributed by atoms with E-state index in [1.165, 1.54) is 6.42 Å². The molecule has 7 rings (SSSR count). The van der Waals surface area contributed by atoms with Crippen LogP contribution in [0.15, 0.2) is 48.9 Å². The van der Waals surface area contributed by atoms with Crippen LogP contribution in [0.25, 0.3) is 26.3 Å². The van der Waals surface area contributed by atoms with E-state index in [1.807, 2.05) is 48.1 Å². The average molecular weight is 470 g/mol. The Balaban J connectivity index is 1.17. The maximum absolute atomic E-state index is 4.87. The molecule has 5 aromatic rings. The number of pyridine rings is 2. The van der Waals surface area contributed by atoms with E-state index in [2.05, 4.69) is 38.3 Å². The Morgan fingerprint density at radius 2 is 1.97 bits per heavy atom. The predicted molar refractivity (Wildman–Crippen MR) is 134 cm³/mol. The number of nitrogens with zero attached hydrogens (tertiary/aromatic N) is 8. The molecule has 2 fully saturated rings. The lowest BCUT2D eigenvalue weighted by molar-refractivity contribution is 0.291. The van der Waals surface area contributed by atoms with Crippen molar-refractivity contribution in [2.45, 2.75) is 25.4 Å². The number of anilines is 3. The molecule has 0 spiro atoms. The van der Waals surface area contributed by atoms with Gasteiger partial charge in [-0.3, -0.25) is 4.90 Å². The molecule has 0 radical (unpaired) electrons. The molecule has 2 atom stereocenters. The fraction of sp³-hybridized carbons (Fsp3) is 0.292. The summed E-state index contributed by atoms with van der Waals surface area (Å²) in [6.45, 7) is 4.07. The third-order valence-corrected chi connectivity index (χ3v) is 7.85. The third-order valence-electron chi connectivity index (χ3n) is 6.79. The van der Waals surface area contributed by atoms with Crippen LogP contribution in [0, 0.1) is 6.92 Å². The first-order chi connectivity index (χ1) is 16.6. The second-order valence-corrected chi connectivity index (χ2v) is 10.2. The van der Waals surface area contributed by atoms with E-state index in [-0.39, 0.29) is 0 Å². The van der Waals surface area contributed by atoms with Gasteiger partial charge in [-0.05, 0) is 38.6 Å². The number of hydrogen-bond donors (Lipinski definition) is 1. The molecule has 2 aliphatic heterocycles. The molecule has 2 saturated heterocycles. The summed E-state index contributed by atoms with van der Waals surface area (Å²) in [5.74, 6) is 2.28. The summed E-state index contributed by atoms with van der Waals surface area (Å²) in [6, 6.07) is 11.2. The highest BCUT2D eigenvalue weighted by molar-refractivity contribution is 7.21. The van der Waals surface area contributed by atoms with Crippen molar-refractivity contribution in [3.63, 3.8) is 0 Å². The Labute approximate surface area is 200 Å². The Hall–Kier alpha value is -3.63. The monoisotopic (exact) mass is 469 g/mol. The number of likely N-dealkylation sites (tertiary alicyclic amines) is 1. The van der Waals surface area contributed by atoms with Crippen LogP contribution in [-0.4, -0.2) is 66.7 Å². The molecule has 9 nitrogen and oxygen atoms in total.